The van der Waals surface area contributed by atoms with E-state index in [0.29, 0.717) is 25.3 Å². The van der Waals surface area contributed by atoms with Crippen molar-refractivity contribution < 1.29 is 5.11 Å². The van der Waals surface area contributed by atoms with E-state index < -0.39 is 0 Å². The van der Waals surface area contributed by atoms with E-state index >= 15 is 0 Å². The van der Waals surface area contributed by atoms with Gasteiger partial charge in [-0.3, -0.25) is 9.69 Å². The number of hydrogen-bond acceptors (Lipinski definition) is 4. The summed E-state index contributed by atoms with van der Waals surface area (Å²) < 4.78 is 0. The van der Waals surface area contributed by atoms with Crippen LogP contribution in [0.4, 0.5) is 0 Å². The van der Waals surface area contributed by atoms with Gasteiger partial charge in [0.05, 0.1) is 5.69 Å². The first-order valence-corrected chi connectivity index (χ1v) is 7.77. The van der Waals surface area contributed by atoms with Crippen LogP contribution in [0.15, 0.2) is 29.1 Å². The number of phenolic OH excluding ortho intramolecular Hbond substituents is 1. The molecule has 116 valence electrons. The van der Waals surface area contributed by atoms with Gasteiger partial charge in [0.15, 0.2) is 0 Å². The van der Waals surface area contributed by atoms with Gasteiger partial charge >= 0.3 is 0 Å². The Kier molecular flexibility index (Phi) is 4.24. The van der Waals surface area contributed by atoms with Crippen LogP contribution in [0.25, 0.3) is 0 Å². The highest BCUT2D eigenvalue weighted by atomic mass is 16.3. The predicted octanol–water partition coefficient (Wildman–Crippen LogP) is 1.99. The van der Waals surface area contributed by atoms with Gasteiger partial charge in [0.1, 0.15) is 11.6 Å². The van der Waals surface area contributed by atoms with Crippen LogP contribution in [0.3, 0.4) is 0 Å². The number of benzene rings is 1. The van der Waals surface area contributed by atoms with E-state index in [-0.39, 0.29) is 5.56 Å². The van der Waals surface area contributed by atoms with Crippen molar-refractivity contribution in [2.75, 3.05) is 6.54 Å². The summed E-state index contributed by atoms with van der Waals surface area (Å²) in [5.41, 5.74) is 2.61. The molecule has 5 heteroatoms. The summed E-state index contributed by atoms with van der Waals surface area (Å²) in [6.45, 7) is 4.21. The standard InChI is InChI=1S/C17H21N3O2/c1-2-5-16-18-14-11-20(9-8-13(14)17(22)19-16)10-12-6-3-4-7-15(12)21/h3-4,6-7,21H,2,5,8-11H2,1H3,(H,18,19,22). The van der Waals surface area contributed by atoms with E-state index in [0.717, 1.165) is 42.0 Å². The van der Waals surface area contributed by atoms with Crippen molar-refractivity contribution in [3.8, 4) is 5.75 Å². The first-order chi connectivity index (χ1) is 10.7. The van der Waals surface area contributed by atoms with Gasteiger partial charge in [-0.15, -0.1) is 0 Å². The minimum Gasteiger partial charge on any atom is -0.508 e. The molecule has 0 atom stereocenters. The minimum absolute atomic E-state index is 0.00987. The second-order valence-electron chi connectivity index (χ2n) is 5.78. The van der Waals surface area contributed by atoms with Gasteiger partial charge in [0, 0.05) is 37.2 Å². The molecule has 1 aromatic carbocycles. The van der Waals surface area contributed by atoms with Crippen molar-refractivity contribution in [3.05, 3.63) is 57.3 Å². The fraction of sp³-hybridized carbons (Fsp3) is 0.412. The molecule has 22 heavy (non-hydrogen) atoms. The van der Waals surface area contributed by atoms with Crippen molar-refractivity contribution in [1.82, 2.24) is 14.9 Å². The largest absolute Gasteiger partial charge is 0.508 e. The molecule has 0 spiro atoms. The Morgan fingerprint density at radius 2 is 2.18 bits per heavy atom. The molecule has 0 saturated carbocycles. The first kappa shape index (κ1) is 14.8. The van der Waals surface area contributed by atoms with Gasteiger partial charge < -0.3 is 10.1 Å². The Bertz CT molecular complexity index is 724. The third-order valence-corrected chi connectivity index (χ3v) is 4.07. The number of aromatic amines is 1. The van der Waals surface area contributed by atoms with Gasteiger partial charge in [0.2, 0.25) is 0 Å². The highest BCUT2D eigenvalue weighted by Crippen LogP contribution is 2.21. The predicted molar refractivity (Wildman–Crippen MR) is 84.8 cm³/mol. The number of fused-ring (bicyclic) bond motifs is 1. The van der Waals surface area contributed by atoms with Crippen molar-refractivity contribution >= 4 is 0 Å². The van der Waals surface area contributed by atoms with E-state index in [1.807, 2.05) is 18.2 Å². The first-order valence-electron chi connectivity index (χ1n) is 7.77. The van der Waals surface area contributed by atoms with E-state index in [9.17, 15) is 9.90 Å². The Labute approximate surface area is 129 Å². The molecule has 0 aliphatic carbocycles. The highest BCUT2D eigenvalue weighted by Gasteiger charge is 2.21. The maximum atomic E-state index is 12.1. The van der Waals surface area contributed by atoms with E-state index in [1.54, 1.807) is 6.07 Å². The van der Waals surface area contributed by atoms with Crippen LogP contribution < -0.4 is 5.56 Å². The molecular formula is C17H21N3O2. The van der Waals surface area contributed by atoms with Crippen molar-refractivity contribution in [2.24, 2.45) is 0 Å². The zero-order chi connectivity index (χ0) is 15.5. The van der Waals surface area contributed by atoms with Crippen LogP contribution in [0.2, 0.25) is 0 Å². The molecule has 0 amide bonds. The number of aromatic hydroxyl groups is 1. The molecule has 1 aromatic heterocycles. The molecule has 1 aliphatic rings. The molecule has 0 unspecified atom stereocenters. The molecule has 0 fully saturated rings. The van der Waals surface area contributed by atoms with Crippen LogP contribution in [0, 0.1) is 0 Å². The van der Waals surface area contributed by atoms with Gasteiger partial charge in [-0.25, -0.2) is 4.98 Å². The maximum Gasteiger partial charge on any atom is 0.254 e. The van der Waals surface area contributed by atoms with Crippen LogP contribution in [0.1, 0.15) is 36.0 Å². The molecule has 0 bridgehead atoms. The lowest BCUT2D eigenvalue weighted by molar-refractivity contribution is 0.237. The highest BCUT2D eigenvalue weighted by molar-refractivity contribution is 5.32. The number of aromatic nitrogens is 2. The number of nitrogens with zero attached hydrogens (tertiary/aromatic N) is 2. The van der Waals surface area contributed by atoms with Crippen molar-refractivity contribution in [3.63, 3.8) is 0 Å². The zero-order valence-electron chi connectivity index (χ0n) is 12.8. The zero-order valence-corrected chi connectivity index (χ0v) is 12.8. The number of hydrogen-bond donors (Lipinski definition) is 2. The average molecular weight is 299 g/mol. The number of nitrogens with one attached hydrogen (secondary N) is 1. The summed E-state index contributed by atoms with van der Waals surface area (Å²) in [6.07, 6.45) is 2.46. The quantitative estimate of drug-likeness (QED) is 0.906. The molecule has 2 N–H and O–H groups in total. The van der Waals surface area contributed by atoms with Gasteiger partial charge in [0.25, 0.3) is 5.56 Å². The maximum absolute atomic E-state index is 12.1. The molecule has 1 aliphatic heterocycles. The fourth-order valence-electron chi connectivity index (χ4n) is 2.92. The lowest BCUT2D eigenvalue weighted by Gasteiger charge is -2.27. The van der Waals surface area contributed by atoms with Crippen molar-refractivity contribution in [1.29, 1.82) is 0 Å². The van der Waals surface area contributed by atoms with E-state index in [1.165, 1.54) is 0 Å². The van der Waals surface area contributed by atoms with Crippen LogP contribution in [-0.4, -0.2) is 26.5 Å². The second-order valence-corrected chi connectivity index (χ2v) is 5.78. The second kappa shape index (κ2) is 6.32. The molecule has 3 rings (SSSR count). The Morgan fingerprint density at radius 3 is 2.95 bits per heavy atom. The summed E-state index contributed by atoms with van der Waals surface area (Å²) in [5, 5.41) is 9.90. The third kappa shape index (κ3) is 3.04. The molecule has 2 heterocycles. The number of H-pyrrole nitrogens is 1. The number of rotatable bonds is 4. The normalized spacial score (nSPS) is 14.8. The summed E-state index contributed by atoms with van der Waals surface area (Å²) >= 11 is 0. The minimum atomic E-state index is 0.00987. The van der Waals surface area contributed by atoms with E-state index in [4.69, 9.17) is 0 Å². The topological polar surface area (TPSA) is 69.2 Å². The molecule has 0 saturated heterocycles. The Balaban J connectivity index is 1.81. The Morgan fingerprint density at radius 1 is 1.36 bits per heavy atom. The summed E-state index contributed by atoms with van der Waals surface area (Å²) in [4.78, 5) is 21.8. The smallest absolute Gasteiger partial charge is 0.254 e. The van der Waals surface area contributed by atoms with E-state index in [2.05, 4.69) is 21.8 Å². The van der Waals surface area contributed by atoms with Gasteiger partial charge in [-0.05, 0) is 18.9 Å². The number of aryl methyl sites for hydroxylation is 1. The monoisotopic (exact) mass is 299 g/mol. The number of phenols is 1. The fourth-order valence-corrected chi connectivity index (χ4v) is 2.92. The van der Waals surface area contributed by atoms with Crippen LogP contribution in [-0.2, 0) is 25.9 Å². The number of para-hydroxylation sites is 1. The molecule has 2 aromatic rings. The average Bonchev–Trinajstić information content (AvgIpc) is 2.50. The van der Waals surface area contributed by atoms with Gasteiger partial charge in [-0.2, -0.15) is 0 Å². The lowest BCUT2D eigenvalue weighted by atomic mass is 10.1. The van der Waals surface area contributed by atoms with Crippen LogP contribution in [0.5, 0.6) is 5.75 Å². The lowest BCUT2D eigenvalue weighted by Crippen LogP contribution is -2.35. The molecule has 5 nitrogen and oxygen atoms in total. The molecule has 0 radical (unpaired) electrons. The van der Waals surface area contributed by atoms with Crippen molar-refractivity contribution in [2.45, 2.75) is 39.3 Å². The third-order valence-electron chi connectivity index (χ3n) is 4.07. The molecular weight excluding hydrogens is 278 g/mol. The Hall–Kier alpha value is -2.14. The van der Waals surface area contributed by atoms with Gasteiger partial charge in [-0.1, -0.05) is 25.1 Å². The summed E-state index contributed by atoms with van der Waals surface area (Å²) in [7, 11) is 0. The van der Waals surface area contributed by atoms with Crippen LogP contribution >= 0.6 is 0 Å². The summed E-state index contributed by atoms with van der Waals surface area (Å²) in [5.74, 6) is 1.09. The SMILES string of the molecule is CCCc1nc2c(c(=O)[nH]1)CCN(Cc1ccccc1O)C2. The summed E-state index contributed by atoms with van der Waals surface area (Å²) in [6, 6.07) is 7.38.